The van der Waals surface area contributed by atoms with Crippen LogP contribution in [0.5, 0.6) is 5.75 Å². The van der Waals surface area contributed by atoms with E-state index in [1.54, 1.807) is 0 Å². The molecule has 0 atom stereocenters. The molecule has 1 aromatic carbocycles. The molecule has 2 rings (SSSR count). The molecule has 3 heteroatoms. The molecule has 1 saturated heterocycles. The maximum absolute atomic E-state index is 12.2. The Morgan fingerprint density at radius 3 is 2.89 bits per heavy atom. The van der Waals surface area contributed by atoms with Crippen LogP contribution in [0.15, 0.2) is 24.3 Å². The fourth-order valence-electron chi connectivity index (χ4n) is 2.26. The zero-order chi connectivity index (χ0) is 12.8. The van der Waals surface area contributed by atoms with E-state index in [-0.39, 0.29) is 5.78 Å². The highest BCUT2D eigenvalue weighted by Crippen LogP contribution is 2.27. The van der Waals surface area contributed by atoms with Crippen molar-refractivity contribution in [3.63, 3.8) is 0 Å². The van der Waals surface area contributed by atoms with Crippen LogP contribution in [-0.2, 0) is 0 Å². The first-order valence-corrected chi connectivity index (χ1v) is 7.79. The first-order chi connectivity index (χ1) is 8.79. The Morgan fingerprint density at radius 2 is 2.17 bits per heavy atom. The van der Waals surface area contributed by atoms with E-state index < -0.39 is 0 Å². The topological polar surface area (TPSA) is 26.3 Å². The van der Waals surface area contributed by atoms with Gasteiger partial charge < -0.3 is 4.74 Å². The van der Waals surface area contributed by atoms with Crippen molar-refractivity contribution in [1.82, 2.24) is 0 Å². The van der Waals surface area contributed by atoms with E-state index in [0.29, 0.717) is 18.9 Å². The van der Waals surface area contributed by atoms with Crippen molar-refractivity contribution in [3.8, 4) is 5.75 Å². The molecule has 0 unspecified atom stereocenters. The van der Waals surface area contributed by atoms with E-state index in [4.69, 9.17) is 4.74 Å². The van der Waals surface area contributed by atoms with Gasteiger partial charge in [0.25, 0.3) is 0 Å². The van der Waals surface area contributed by atoms with Gasteiger partial charge in [0.05, 0.1) is 6.61 Å². The molecule has 1 heterocycles. The van der Waals surface area contributed by atoms with Gasteiger partial charge in [0.1, 0.15) is 5.75 Å². The number of carbonyl (C=O) groups excluding carboxylic acids is 1. The number of ketones is 1. The first-order valence-electron chi connectivity index (χ1n) is 6.63. The van der Waals surface area contributed by atoms with Gasteiger partial charge in [0.2, 0.25) is 0 Å². The summed E-state index contributed by atoms with van der Waals surface area (Å²) in [6.07, 6.45) is 3.05. The minimum absolute atomic E-state index is 0.258. The third-order valence-corrected chi connectivity index (χ3v) is 4.33. The molecule has 0 aromatic heterocycles. The molecule has 98 valence electrons. The predicted molar refractivity (Wildman–Crippen MR) is 76.6 cm³/mol. The van der Waals surface area contributed by atoms with Gasteiger partial charge in [-0.2, -0.15) is 11.8 Å². The number of hydrogen-bond acceptors (Lipinski definition) is 3. The average molecular weight is 264 g/mol. The van der Waals surface area contributed by atoms with Gasteiger partial charge in [-0.1, -0.05) is 12.1 Å². The molecule has 2 nitrogen and oxygen atoms in total. The number of benzene rings is 1. The van der Waals surface area contributed by atoms with E-state index in [1.165, 1.54) is 24.3 Å². The minimum atomic E-state index is 0.258. The number of ether oxygens (including phenoxy) is 1. The van der Waals surface area contributed by atoms with Gasteiger partial charge in [0.15, 0.2) is 5.78 Å². The van der Waals surface area contributed by atoms with Crippen LogP contribution in [0.3, 0.4) is 0 Å². The summed E-state index contributed by atoms with van der Waals surface area (Å²) < 4.78 is 5.43. The summed E-state index contributed by atoms with van der Waals surface area (Å²) in [6, 6.07) is 7.55. The van der Waals surface area contributed by atoms with E-state index in [0.717, 1.165) is 11.3 Å². The number of thioether (sulfide) groups is 1. The standard InChI is InChI=1S/C15H20O2S/c1-2-17-14-5-3-4-13(11-14)15(16)10-12-6-8-18-9-7-12/h3-5,11-12H,2,6-10H2,1H3. The van der Waals surface area contributed by atoms with Crippen molar-refractivity contribution >= 4 is 17.5 Å². The Bertz CT molecular complexity index is 397. The van der Waals surface area contributed by atoms with Gasteiger partial charge in [-0.3, -0.25) is 4.79 Å². The molecule has 18 heavy (non-hydrogen) atoms. The summed E-state index contributed by atoms with van der Waals surface area (Å²) in [6.45, 7) is 2.59. The number of carbonyl (C=O) groups is 1. The maximum atomic E-state index is 12.2. The Balaban J connectivity index is 1.96. The van der Waals surface area contributed by atoms with Crippen LogP contribution < -0.4 is 4.74 Å². The van der Waals surface area contributed by atoms with Crippen molar-refractivity contribution in [1.29, 1.82) is 0 Å². The molecule has 1 fully saturated rings. The van der Waals surface area contributed by atoms with Crippen LogP contribution in [0.4, 0.5) is 0 Å². The van der Waals surface area contributed by atoms with Gasteiger partial charge in [-0.25, -0.2) is 0 Å². The second kappa shape index (κ2) is 6.83. The summed E-state index contributed by atoms with van der Waals surface area (Å²) in [4.78, 5) is 12.2. The van der Waals surface area contributed by atoms with Crippen LogP contribution in [0.25, 0.3) is 0 Å². The quantitative estimate of drug-likeness (QED) is 0.757. The third-order valence-electron chi connectivity index (χ3n) is 3.28. The van der Waals surface area contributed by atoms with Crippen molar-refractivity contribution < 1.29 is 9.53 Å². The fraction of sp³-hybridized carbons (Fsp3) is 0.533. The highest BCUT2D eigenvalue weighted by molar-refractivity contribution is 7.99. The van der Waals surface area contributed by atoms with Crippen LogP contribution in [0.1, 0.15) is 36.5 Å². The van der Waals surface area contributed by atoms with Gasteiger partial charge in [-0.05, 0) is 49.3 Å². The Kier molecular flexibility index (Phi) is 5.12. The molecule has 1 aromatic rings. The van der Waals surface area contributed by atoms with Crippen LogP contribution in [-0.4, -0.2) is 23.9 Å². The summed E-state index contributed by atoms with van der Waals surface area (Å²) >= 11 is 2.00. The second-order valence-corrected chi connectivity index (χ2v) is 5.87. The molecule has 0 spiro atoms. The summed E-state index contributed by atoms with van der Waals surface area (Å²) in [5, 5.41) is 0. The lowest BCUT2D eigenvalue weighted by atomic mass is 9.93. The lowest BCUT2D eigenvalue weighted by molar-refractivity contribution is 0.0958. The summed E-state index contributed by atoms with van der Waals surface area (Å²) in [5.74, 6) is 4.04. The molecule has 0 radical (unpaired) electrons. The second-order valence-electron chi connectivity index (χ2n) is 4.64. The molecule has 0 aliphatic carbocycles. The molecular formula is C15H20O2S. The molecule has 1 aliphatic rings. The van der Waals surface area contributed by atoms with Crippen molar-refractivity contribution in [2.24, 2.45) is 5.92 Å². The molecule has 0 amide bonds. The highest BCUT2D eigenvalue weighted by atomic mass is 32.2. The van der Waals surface area contributed by atoms with Gasteiger partial charge in [-0.15, -0.1) is 0 Å². The van der Waals surface area contributed by atoms with Gasteiger partial charge in [0, 0.05) is 12.0 Å². The first kappa shape index (κ1) is 13.5. The summed E-state index contributed by atoms with van der Waals surface area (Å²) in [7, 11) is 0. The smallest absolute Gasteiger partial charge is 0.163 e. The minimum Gasteiger partial charge on any atom is -0.494 e. The van der Waals surface area contributed by atoms with Crippen LogP contribution in [0, 0.1) is 5.92 Å². The largest absolute Gasteiger partial charge is 0.494 e. The highest BCUT2D eigenvalue weighted by Gasteiger charge is 2.18. The maximum Gasteiger partial charge on any atom is 0.163 e. The fourth-order valence-corrected chi connectivity index (χ4v) is 3.46. The normalized spacial score (nSPS) is 16.5. The Hall–Kier alpha value is -0.960. The molecular weight excluding hydrogens is 244 g/mol. The predicted octanol–water partition coefficient (Wildman–Crippen LogP) is 3.80. The SMILES string of the molecule is CCOc1cccc(C(=O)CC2CCSCC2)c1. The van der Waals surface area contributed by atoms with E-state index in [2.05, 4.69) is 0 Å². The lowest BCUT2D eigenvalue weighted by Crippen LogP contribution is -2.14. The van der Waals surface area contributed by atoms with Crippen molar-refractivity contribution in [2.45, 2.75) is 26.2 Å². The van der Waals surface area contributed by atoms with Crippen LogP contribution >= 0.6 is 11.8 Å². The number of rotatable bonds is 5. The van der Waals surface area contributed by atoms with Crippen molar-refractivity contribution in [3.05, 3.63) is 29.8 Å². The third kappa shape index (κ3) is 3.77. The zero-order valence-electron chi connectivity index (χ0n) is 10.9. The van der Waals surface area contributed by atoms with E-state index in [9.17, 15) is 4.79 Å². The van der Waals surface area contributed by atoms with Crippen molar-refractivity contribution in [2.75, 3.05) is 18.1 Å². The Morgan fingerprint density at radius 1 is 1.39 bits per heavy atom. The van der Waals surface area contributed by atoms with E-state index in [1.807, 2.05) is 43.0 Å². The monoisotopic (exact) mass is 264 g/mol. The molecule has 1 aliphatic heterocycles. The average Bonchev–Trinajstić information content (AvgIpc) is 2.40. The number of hydrogen-bond donors (Lipinski definition) is 0. The zero-order valence-corrected chi connectivity index (χ0v) is 11.7. The molecule has 0 N–H and O–H groups in total. The summed E-state index contributed by atoms with van der Waals surface area (Å²) in [5.41, 5.74) is 0.791. The molecule has 0 saturated carbocycles. The lowest BCUT2D eigenvalue weighted by Gasteiger charge is -2.20. The van der Waals surface area contributed by atoms with E-state index >= 15 is 0 Å². The van der Waals surface area contributed by atoms with Crippen LogP contribution in [0.2, 0.25) is 0 Å². The Labute approximate surface area is 113 Å². The number of Topliss-reactive ketones (excluding diaryl/α,β-unsaturated/α-hetero) is 1. The van der Waals surface area contributed by atoms with Gasteiger partial charge >= 0.3 is 0 Å². The molecule has 0 bridgehead atoms.